The van der Waals surface area contributed by atoms with Gasteiger partial charge in [-0.3, -0.25) is 0 Å². The molecule has 17 heavy (non-hydrogen) atoms. The lowest BCUT2D eigenvalue weighted by atomic mass is 9.96. The molecule has 0 heterocycles. The molecular formula is C15H32N2. The van der Waals surface area contributed by atoms with Gasteiger partial charge in [-0.25, -0.2) is 0 Å². The number of nitrogens with zero attached hydrogens (tertiary/aromatic N) is 1. The van der Waals surface area contributed by atoms with Gasteiger partial charge in [-0.15, -0.1) is 0 Å². The second-order valence-corrected chi connectivity index (χ2v) is 6.23. The maximum Gasteiger partial charge on any atom is 0.0147 e. The largest absolute Gasteiger partial charge is 0.314 e. The molecule has 1 aliphatic carbocycles. The van der Waals surface area contributed by atoms with E-state index in [-0.39, 0.29) is 0 Å². The van der Waals surface area contributed by atoms with Gasteiger partial charge in [0, 0.05) is 11.6 Å². The third kappa shape index (κ3) is 4.26. The molecule has 0 radical (unpaired) electrons. The molecule has 2 unspecified atom stereocenters. The first-order valence-electron chi connectivity index (χ1n) is 7.46. The Morgan fingerprint density at radius 1 is 1.24 bits per heavy atom. The lowest BCUT2D eigenvalue weighted by Gasteiger charge is -2.36. The van der Waals surface area contributed by atoms with Crippen molar-refractivity contribution < 1.29 is 0 Å². The molecule has 1 N–H and O–H groups in total. The van der Waals surface area contributed by atoms with Gasteiger partial charge < -0.3 is 10.2 Å². The Labute approximate surface area is 108 Å². The molecule has 102 valence electrons. The summed E-state index contributed by atoms with van der Waals surface area (Å²) in [5.41, 5.74) is 0.353. The highest BCUT2D eigenvalue weighted by Crippen LogP contribution is 2.29. The number of hydrogen-bond donors (Lipinski definition) is 1. The predicted molar refractivity (Wildman–Crippen MR) is 76.4 cm³/mol. The van der Waals surface area contributed by atoms with Crippen molar-refractivity contribution in [3.63, 3.8) is 0 Å². The smallest absolute Gasteiger partial charge is 0.0147 e. The Balaban J connectivity index is 2.34. The van der Waals surface area contributed by atoms with Crippen molar-refractivity contribution in [3.8, 4) is 0 Å². The maximum absolute atomic E-state index is 3.65. The van der Waals surface area contributed by atoms with E-state index in [2.05, 4.69) is 45.0 Å². The Morgan fingerprint density at radius 3 is 2.53 bits per heavy atom. The van der Waals surface area contributed by atoms with Gasteiger partial charge in [-0.2, -0.15) is 0 Å². The highest BCUT2D eigenvalue weighted by atomic mass is 15.2. The van der Waals surface area contributed by atoms with Crippen molar-refractivity contribution in [1.29, 1.82) is 0 Å². The summed E-state index contributed by atoms with van der Waals surface area (Å²) in [6, 6.07) is 0.790. The summed E-state index contributed by atoms with van der Waals surface area (Å²) in [5.74, 6) is 0.907. The molecule has 0 aromatic rings. The molecule has 0 spiro atoms. The average Bonchev–Trinajstić information content (AvgIpc) is 2.74. The van der Waals surface area contributed by atoms with Gasteiger partial charge >= 0.3 is 0 Å². The molecule has 0 aliphatic heterocycles. The standard InChI is InChI=1S/C15H32N2/c1-6-15(3,4)17(5)12-11-13-9-8-10-14(13)16-7-2/h13-14,16H,6-12H2,1-5H3. The Hall–Kier alpha value is -0.0800. The summed E-state index contributed by atoms with van der Waals surface area (Å²) < 4.78 is 0. The van der Waals surface area contributed by atoms with Crippen LogP contribution < -0.4 is 5.32 Å². The molecule has 1 rings (SSSR count). The first kappa shape index (κ1) is 15.0. The molecule has 0 bridgehead atoms. The topological polar surface area (TPSA) is 15.3 Å². The molecule has 0 amide bonds. The van der Waals surface area contributed by atoms with Crippen LogP contribution in [0, 0.1) is 5.92 Å². The van der Waals surface area contributed by atoms with Crippen molar-refractivity contribution in [3.05, 3.63) is 0 Å². The summed E-state index contributed by atoms with van der Waals surface area (Å²) in [6.07, 6.45) is 6.82. The summed E-state index contributed by atoms with van der Waals surface area (Å²) >= 11 is 0. The minimum Gasteiger partial charge on any atom is -0.314 e. The second-order valence-electron chi connectivity index (χ2n) is 6.23. The van der Waals surface area contributed by atoms with Crippen molar-refractivity contribution in [1.82, 2.24) is 10.2 Å². The van der Waals surface area contributed by atoms with Gasteiger partial charge in [0.15, 0.2) is 0 Å². The van der Waals surface area contributed by atoms with Gasteiger partial charge in [-0.1, -0.05) is 20.3 Å². The molecule has 1 fully saturated rings. The Morgan fingerprint density at radius 2 is 1.94 bits per heavy atom. The van der Waals surface area contributed by atoms with Crippen molar-refractivity contribution >= 4 is 0 Å². The SMILES string of the molecule is CCNC1CCCC1CCN(C)C(C)(C)CC. The van der Waals surface area contributed by atoms with Gasteiger partial charge in [0.05, 0.1) is 0 Å². The van der Waals surface area contributed by atoms with Crippen LogP contribution in [0.15, 0.2) is 0 Å². The fourth-order valence-corrected chi connectivity index (χ4v) is 2.85. The van der Waals surface area contributed by atoms with Crippen LogP contribution in [-0.4, -0.2) is 36.6 Å². The van der Waals surface area contributed by atoms with E-state index in [0.717, 1.165) is 18.5 Å². The zero-order valence-electron chi connectivity index (χ0n) is 12.6. The molecule has 1 saturated carbocycles. The minimum absolute atomic E-state index is 0.353. The van der Waals surface area contributed by atoms with E-state index in [9.17, 15) is 0 Å². The zero-order chi connectivity index (χ0) is 12.9. The summed E-state index contributed by atoms with van der Waals surface area (Å²) in [5, 5.41) is 3.65. The summed E-state index contributed by atoms with van der Waals surface area (Å²) in [4.78, 5) is 2.54. The fraction of sp³-hybridized carbons (Fsp3) is 1.00. The molecule has 2 nitrogen and oxygen atoms in total. The van der Waals surface area contributed by atoms with E-state index in [1.807, 2.05) is 0 Å². The lowest BCUT2D eigenvalue weighted by molar-refractivity contribution is 0.139. The normalized spacial score (nSPS) is 25.8. The molecular weight excluding hydrogens is 208 g/mol. The van der Waals surface area contributed by atoms with E-state index in [1.54, 1.807) is 0 Å². The van der Waals surface area contributed by atoms with Crippen LogP contribution in [0.5, 0.6) is 0 Å². The summed E-state index contributed by atoms with van der Waals surface area (Å²) in [6.45, 7) is 11.6. The van der Waals surface area contributed by atoms with E-state index < -0.39 is 0 Å². The van der Waals surface area contributed by atoms with Crippen LogP contribution in [0.4, 0.5) is 0 Å². The quantitative estimate of drug-likeness (QED) is 0.735. The zero-order valence-corrected chi connectivity index (χ0v) is 12.6. The van der Waals surface area contributed by atoms with E-state index in [1.165, 1.54) is 38.6 Å². The number of hydrogen-bond acceptors (Lipinski definition) is 2. The van der Waals surface area contributed by atoms with Crippen LogP contribution in [0.3, 0.4) is 0 Å². The predicted octanol–water partition coefficient (Wildman–Crippen LogP) is 3.28. The third-order valence-corrected chi connectivity index (χ3v) is 4.86. The minimum atomic E-state index is 0.353. The molecule has 2 heteroatoms. The Bertz CT molecular complexity index is 213. The lowest BCUT2D eigenvalue weighted by Crippen LogP contribution is -2.42. The van der Waals surface area contributed by atoms with Gasteiger partial charge in [-0.05, 0) is 65.6 Å². The van der Waals surface area contributed by atoms with Crippen LogP contribution in [-0.2, 0) is 0 Å². The van der Waals surface area contributed by atoms with Crippen LogP contribution in [0.1, 0.15) is 59.8 Å². The third-order valence-electron chi connectivity index (χ3n) is 4.86. The monoisotopic (exact) mass is 240 g/mol. The second kappa shape index (κ2) is 6.75. The van der Waals surface area contributed by atoms with Gasteiger partial charge in [0.25, 0.3) is 0 Å². The highest BCUT2D eigenvalue weighted by Gasteiger charge is 2.28. The number of rotatable bonds is 7. The van der Waals surface area contributed by atoms with Crippen LogP contribution in [0.2, 0.25) is 0 Å². The van der Waals surface area contributed by atoms with Crippen LogP contribution in [0.25, 0.3) is 0 Å². The first-order chi connectivity index (χ1) is 8.01. The fourth-order valence-electron chi connectivity index (χ4n) is 2.85. The van der Waals surface area contributed by atoms with E-state index in [0.29, 0.717) is 5.54 Å². The van der Waals surface area contributed by atoms with Crippen LogP contribution >= 0.6 is 0 Å². The van der Waals surface area contributed by atoms with Gasteiger partial charge in [0.2, 0.25) is 0 Å². The number of nitrogens with one attached hydrogen (secondary N) is 1. The van der Waals surface area contributed by atoms with Crippen molar-refractivity contribution in [2.24, 2.45) is 5.92 Å². The van der Waals surface area contributed by atoms with Gasteiger partial charge in [0.1, 0.15) is 0 Å². The van der Waals surface area contributed by atoms with E-state index >= 15 is 0 Å². The highest BCUT2D eigenvalue weighted by molar-refractivity contribution is 4.85. The molecule has 0 aromatic carbocycles. The Kier molecular flexibility index (Phi) is 5.94. The molecule has 0 aromatic heterocycles. The average molecular weight is 240 g/mol. The molecule has 2 atom stereocenters. The van der Waals surface area contributed by atoms with Crippen molar-refractivity contribution in [2.75, 3.05) is 20.1 Å². The van der Waals surface area contributed by atoms with E-state index in [4.69, 9.17) is 0 Å². The first-order valence-corrected chi connectivity index (χ1v) is 7.46. The maximum atomic E-state index is 3.65. The molecule has 1 aliphatic rings. The van der Waals surface area contributed by atoms with Crippen molar-refractivity contribution in [2.45, 2.75) is 71.4 Å². The summed E-state index contributed by atoms with van der Waals surface area (Å²) in [7, 11) is 2.28. The molecule has 0 saturated heterocycles.